The summed E-state index contributed by atoms with van der Waals surface area (Å²) in [5.41, 5.74) is 0.270. The van der Waals surface area contributed by atoms with E-state index in [9.17, 15) is 18.0 Å². The topological polar surface area (TPSA) is 63.1 Å². The number of pyridine rings is 1. The number of carbonyl (C=O) groups excluding carboxylic acids is 1. The van der Waals surface area contributed by atoms with E-state index in [2.05, 4.69) is 15.4 Å². The van der Waals surface area contributed by atoms with Crippen LogP contribution in [0.2, 0.25) is 0 Å². The number of carbonyl (C=O) groups is 1. The van der Waals surface area contributed by atoms with Gasteiger partial charge in [-0.15, -0.1) is 0 Å². The van der Waals surface area contributed by atoms with Crippen molar-refractivity contribution in [2.75, 3.05) is 18.0 Å². The minimum absolute atomic E-state index is 0.135. The molecular weight excluding hydrogens is 323 g/mol. The van der Waals surface area contributed by atoms with E-state index in [0.717, 1.165) is 11.8 Å². The van der Waals surface area contributed by atoms with Crippen molar-refractivity contribution in [3.8, 4) is 0 Å². The van der Waals surface area contributed by atoms with Gasteiger partial charge in [-0.2, -0.15) is 18.3 Å². The number of amides is 1. The molecule has 1 fully saturated rings. The standard InChI is InChI=1S/C15H16F3N5O/c1-9-6-11(22(2)21-9)14(24)19-10-7-23(8-10)13-5-3-4-12(20-13)15(16,17)18/h3-6,10H,7-8H2,1-2H3,(H,19,24). The highest BCUT2D eigenvalue weighted by Crippen LogP contribution is 2.29. The fraction of sp³-hybridized carbons (Fsp3) is 0.400. The molecule has 3 rings (SSSR count). The highest BCUT2D eigenvalue weighted by atomic mass is 19.4. The smallest absolute Gasteiger partial charge is 0.352 e. The van der Waals surface area contributed by atoms with Gasteiger partial charge in [-0.3, -0.25) is 9.48 Å². The van der Waals surface area contributed by atoms with Gasteiger partial charge in [0.05, 0.1) is 11.7 Å². The van der Waals surface area contributed by atoms with Crippen molar-refractivity contribution in [2.45, 2.75) is 19.1 Å². The summed E-state index contributed by atoms with van der Waals surface area (Å²) in [6.45, 7) is 2.62. The summed E-state index contributed by atoms with van der Waals surface area (Å²) in [5.74, 6) is 0.00598. The minimum atomic E-state index is -4.47. The van der Waals surface area contributed by atoms with Crippen LogP contribution in [0.15, 0.2) is 24.3 Å². The molecule has 1 amide bonds. The maximum absolute atomic E-state index is 12.7. The number of anilines is 1. The van der Waals surface area contributed by atoms with Crippen molar-refractivity contribution < 1.29 is 18.0 Å². The quantitative estimate of drug-likeness (QED) is 0.926. The van der Waals surface area contributed by atoms with Gasteiger partial charge in [-0.25, -0.2) is 4.98 Å². The highest BCUT2D eigenvalue weighted by Gasteiger charge is 2.35. The van der Waals surface area contributed by atoms with Crippen molar-refractivity contribution in [2.24, 2.45) is 7.05 Å². The van der Waals surface area contributed by atoms with Crippen LogP contribution in [-0.4, -0.2) is 39.8 Å². The zero-order chi connectivity index (χ0) is 17.5. The molecule has 2 aromatic heterocycles. The van der Waals surface area contributed by atoms with Gasteiger partial charge in [0.25, 0.3) is 5.91 Å². The summed E-state index contributed by atoms with van der Waals surface area (Å²) in [4.78, 5) is 17.5. The molecule has 3 heterocycles. The predicted molar refractivity (Wildman–Crippen MR) is 80.7 cm³/mol. The third-order valence-electron chi connectivity index (χ3n) is 3.80. The largest absolute Gasteiger partial charge is 0.433 e. The highest BCUT2D eigenvalue weighted by molar-refractivity contribution is 5.93. The SMILES string of the molecule is Cc1cc(C(=O)NC2CN(c3cccc(C(F)(F)F)n3)C2)n(C)n1. The van der Waals surface area contributed by atoms with Gasteiger partial charge in [0.15, 0.2) is 0 Å². The van der Waals surface area contributed by atoms with Crippen LogP contribution in [0.5, 0.6) is 0 Å². The molecule has 0 spiro atoms. The lowest BCUT2D eigenvalue weighted by Gasteiger charge is -2.40. The molecule has 128 valence electrons. The Bertz CT molecular complexity index is 765. The van der Waals surface area contributed by atoms with Crippen LogP contribution in [0.3, 0.4) is 0 Å². The third kappa shape index (κ3) is 3.19. The Hall–Kier alpha value is -2.58. The lowest BCUT2D eigenvalue weighted by molar-refractivity contribution is -0.141. The number of hydrogen-bond acceptors (Lipinski definition) is 4. The Morgan fingerprint density at radius 3 is 2.62 bits per heavy atom. The predicted octanol–water partition coefficient (Wildman–Crippen LogP) is 1.76. The first-order valence-corrected chi connectivity index (χ1v) is 7.35. The molecule has 0 aromatic carbocycles. The fourth-order valence-corrected chi connectivity index (χ4v) is 2.60. The van der Waals surface area contributed by atoms with Gasteiger partial charge in [0.2, 0.25) is 0 Å². The van der Waals surface area contributed by atoms with E-state index in [4.69, 9.17) is 0 Å². The summed E-state index contributed by atoms with van der Waals surface area (Å²) < 4.78 is 39.5. The number of alkyl halides is 3. The summed E-state index contributed by atoms with van der Waals surface area (Å²) in [7, 11) is 1.68. The molecule has 1 aliphatic heterocycles. The van der Waals surface area contributed by atoms with Crippen molar-refractivity contribution in [3.63, 3.8) is 0 Å². The summed E-state index contributed by atoms with van der Waals surface area (Å²) in [6.07, 6.45) is -4.47. The van der Waals surface area contributed by atoms with E-state index in [0.29, 0.717) is 18.8 Å². The molecule has 0 unspecified atom stereocenters. The van der Waals surface area contributed by atoms with E-state index in [-0.39, 0.29) is 17.8 Å². The van der Waals surface area contributed by atoms with Crippen molar-refractivity contribution in [3.05, 3.63) is 41.3 Å². The van der Waals surface area contributed by atoms with Gasteiger partial charge in [0, 0.05) is 20.1 Å². The van der Waals surface area contributed by atoms with Crippen LogP contribution >= 0.6 is 0 Å². The van der Waals surface area contributed by atoms with Crippen LogP contribution < -0.4 is 10.2 Å². The molecule has 6 nitrogen and oxygen atoms in total. The number of hydrogen-bond donors (Lipinski definition) is 1. The normalized spacial score (nSPS) is 15.3. The lowest BCUT2D eigenvalue weighted by atomic mass is 10.1. The van der Waals surface area contributed by atoms with Crippen LogP contribution in [0.1, 0.15) is 21.9 Å². The second-order valence-electron chi connectivity index (χ2n) is 5.75. The number of halogens is 3. The van der Waals surface area contributed by atoms with E-state index in [1.807, 2.05) is 0 Å². The zero-order valence-electron chi connectivity index (χ0n) is 13.1. The number of nitrogens with one attached hydrogen (secondary N) is 1. The van der Waals surface area contributed by atoms with E-state index in [1.54, 1.807) is 24.9 Å². The van der Waals surface area contributed by atoms with Crippen molar-refractivity contribution in [1.82, 2.24) is 20.1 Å². The lowest BCUT2D eigenvalue weighted by Crippen LogP contribution is -2.59. The number of aryl methyl sites for hydroxylation is 2. The first-order chi connectivity index (χ1) is 11.2. The molecule has 0 bridgehead atoms. The maximum Gasteiger partial charge on any atom is 0.433 e. The summed E-state index contributed by atoms with van der Waals surface area (Å²) >= 11 is 0. The third-order valence-corrected chi connectivity index (χ3v) is 3.80. The van der Waals surface area contributed by atoms with Gasteiger partial charge in [-0.05, 0) is 25.1 Å². The Balaban J connectivity index is 1.60. The van der Waals surface area contributed by atoms with Crippen LogP contribution in [0, 0.1) is 6.92 Å². The minimum Gasteiger partial charge on any atom is -0.352 e. The zero-order valence-corrected chi connectivity index (χ0v) is 13.1. The summed E-state index contributed by atoms with van der Waals surface area (Å²) in [6, 6.07) is 5.34. The Kier molecular flexibility index (Phi) is 3.94. The average Bonchev–Trinajstić information content (AvgIpc) is 2.80. The van der Waals surface area contributed by atoms with Gasteiger partial charge in [0.1, 0.15) is 17.2 Å². The van der Waals surface area contributed by atoms with Gasteiger partial charge < -0.3 is 10.2 Å². The van der Waals surface area contributed by atoms with Crippen LogP contribution in [-0.2, 0) is 13.2 Å². The first-order valence-electron chi connectivity index (χ1n) is 7.35. The second kappa shape index (κ2) is 5.81. The molecule has 1 N–H and O–H groups in total. The maximum atomic E-state index is 12.7. The Morgan fingerprint density at radius 1 is 1.33 bits per heavy atom. The number of rotatable bonds is 3. The second-order valence-corrected chi connectivity index (χ2v) is 5.75. The fourth-order valence-electron chi connectivity index (χ4n) is 2.60. The van der Waals surface area contributed by atoms with Crippen molar-refractivity contribution >= 4 is 11.7 Å². The van der Waals surface area contributed by atoms with Crippen molar-refractivity contribution in [1.29, 1.82) is 0 Å². The van der Waals surface area contributed by atoms with E-state index < -0.39 is 11.9 Å². The Morgan fingerprint density at radius 2 is 2.04 bits per heavy atom. The molecule has 24 heavy (non-hydrogen) atoms. The molecule has 0 saturated carbocycles. The van der Waals surface area contributed by atoms with E-state index >= 15 is 0 Å². The van der Waals surface area contributed by atoms with Gasteiger partial charge in [-0.1, -0.05) is 6.07 Å². The van der Waals surface area contributed by atoms with Crippen LogP contribution in [0.4, 0.5) is 19.0 Å². The monoisotopic (exact) mass is 339 g/mol. The molecule has 9 heteroatoms. The molecule has 1 aliphatic rings. The van der Waals surface area contributed by atoms with Gasteiger partial charge >= 0.3 is 6.18 Å². The molecule has 1 saturated heterocycles. The molecule has 0 aliphatic carbocycles. The van der Waals surface area contributed by atoms with Crippen LogP contribution in [0.25, 0.3) is 0 Å². The average molecular weight is 339 g/mol. The van der Waals surface area contributed by atoms with E-state index in [1.165, 1.54) is 16.8 Å². The Labute approximate surface area is 136 Å². The number of aromatic nitrogens is 3. The molecule has 0 radical (unpaired) electrons. The molecular formula is C15H16F3N5O. The molecule has 0 atom stereocenters. The molecule has 2 aromatic rings. The summed E-state index contributed by atoms with van der Waals surface area (Å²) in [5, 5.41) is 6.95. The first kappa shape index (κ1) is 16.3. The number of nitrogens with zero attached hydrogens (tertiary/aromatic N) is 4.